The highest BCUT2D eigenvalue weighted by molar-refractivity contribution is 7.99. The van der Waals surface area contributed by atoms with Crippen molar-refractivity contribution in [1.82, 2.24) is 9.78 Å². The molecule has 0 saturated carbocycles. The number of aromatic nitrogens is 2. The van der Waals surface area contributed by atoms with Gasteiger partial charge >= 0.3 is 5.97 Å². The Bertz CT molecular complexity index is 409. The SMILES string of the molecule is CCc1cc(SCC(=O)O)n(CCC#N)n1. The molecule has 0 unspecified atom stereocenters. The van der Waals surface area contributed by atoms with Gasteiger partial charge < -0.3 is 5.11 Å². The van der Waals surface area contributed by atoms with E-state index in [1.54, 1.807) is 4.68 Å². The summed E-state index contributed by atoms with van der Waals surface area (Å²) in [6, 6.07) is 3.93. The van der Waals surface area contributed by atoms with E-state index in [2.05, 4.69) is 5.10 Å². The lowest BCUT2D eigenvalue weighted by Crippen LogP contribution is -2.04. The monoisotopic (exact) mass is 239 g/mol. The first kappa shape index (κ1) is 12.6. The average molecular weight is 239 g/mol. The number of nitriles is 1. The zero-order valence-corrected chi connectivity index (χ0v) is 9.83. The van der Waals surface area contributed by atoms with Crippen LogP contribution >= 0.6 is 11.8 Å². The summed E-state index contributed by atoms with van der Waals surface area (Å²) in [5.41, 5.74) is 0.922. The molecule has 0 aromatic carbocycles. The second kappa shape index (κ2) is 6.18. The third-order valence-corrected chi connectivity index (χ3v) is 2.95. The summed E-state index contributed by atoms with van der Waals surface area (Å²) in [6.45, 7) is 2.50. The molecule has 0 atom stereocenters. The topological polar surface area (TPSA) is 78.9 Å². The molecule has 1 heterocycles. The number of carbonyl (C=O) groups is 1. The lowest BCUT2D eigenvalue weighted by molar-refractivity contribution is -0.133. The third-order valence-electron chi connectivity index (χ3n) is 1.93. The summed E-state index contributed by atoms with van der Waals surface area (Å²) in [6.07, 6.45) is 1.19. The van der Waals surface area contributed by atoms with E-state index >= 15 is 0 Å². The van der Waals surface area contributed by atoms with Crippen molar-refractivity contribution in [2.75, 3.05) is 5.75 Å². The molecular weight excluding hydrogens is 226 g/mol. The van der Waals surface area contributed by atoms with Crippen LogP contribution in [-0.4, -0.2) is 26.6 Å². The lowest BCUT2D eigenvalue weighted by atomic mass is 10.3. The van der Waals surface area contributed by atoms with Crippen molar-refractivity contribution in [1.29, 1.82) is 5.26 Å². The summed E-state index contributed by atoms with van der Waals surface area (Å²) in [5.74, 6) is -0.836. The van der Waals surface area contributed by atoms with Crippen LogP contribution in [0.1, 0.15) is 19.0 Å². The molecule has 6 heteroatoms. The van der Waals surface area contributed by atoms with Crippen molar-refractivity contribution in [3.63, 3.8) is 0 Å². The van der Waals surface area contributed by atoms with Crippen molar-refractivity contribution < 1.29 is 9.90 Å². The van der Waals surface area contributed by atoms with E-state index in [1.165, 1.54) is 11.8 Å². The number of rotatable bonds is 6. The zero-order valence-electron chi connectivity index (χ0n) is 9.01. The molecule has 0 spiro atoms. The van der Waals surface area contributed by atoms with Gasteiger partial charge in [-0.2, -0.15) is 10.4 Å². The largest absolute Gasteiger partial charge is 0.481 e. The first-order chi connectivity index (χ1) is 7.67. The van der Waals surface area contributed by atoms with Gasteiger partial charge in [0.15, 0.2) is 0 Å². The number of hydrogen-bond donors (Lipinski definition) is 1. The Labute approximate surface area is 98.1 Å². The Morgan fingerprint density at radius 1 is 1.75 bits per heavy atom. The molecule has 0 amide bonds. The van der Waals surface area contributed by atoms with Crippen molar-refractivity contribution in [3.8, 4) is 6.07 Å². The number of carboxylic acid groups (broad SMARTS) is 1. The highest BCUT2D eigenvalue weighted by Gasteiger charge is 2.09. The molecule has 16 heavy (non-hydrogen) atoms. The van der Waals surface area contributed by atoms with Crippen LogP contribution in [-0.2, 0) is 17.8 Å². The number of aliphatic carboxylic acids is 1. The van der Waals surface area contributed by atoms with E-state index in [1.807, 2.05) is 19.1 Å². The van der Waals surface area contributed by atoms with Crippen LogP contribution in [0.2, 0.25) is 0 Å². The second-order valence-corrected chi connectivity index (χ2v) is 4.14. The fourth-order valence-corrected chi connectivity index (χ4v) is 1.96. The third kappa shape index (κ3) is 3.59. The lowest BCUT2D eigenvalue weighted by Gasteiger charge is -2.02. The van der Waals surface area contributed by atoms with Crippen LogP contribution in [0, 0.1) is 11.3 Å². The van der Waals surface area contributed by atoms with Gasteiger partial charge in [0.1, 0.15) is 0 Å². The Balaban J connectivity index is 2.74. The van der Waals surface area contributed by atoms with E-state index in [4.69, 9.17) is 10.4 Å². The van der Waals surface area contributed by atoms with Crippen molar-refractivity contribution in [2.24, 2.45) is 0 Å². The summed E-state index contributed by atoms with van der Waals surface area (Å²) in [7, 11) is 0. The van der Waals surface area contributed by atoms with Crippen LogP contribution in [0.4, 0.5) is 0 Å². The minimum atomic E-state index is -0.851. The quantitative estimate of drug-likeness (QED) is 0.762. The summed E-state index contributed by atoms with van der Waals surface area (Å²) >= 11 is 1.23. The van der Waals surface area contributed by atoms with Crippen LogP contribution in [0.15, 0.2) is 11.1 Å². The van der Waals surface area contributed by atoms with E-state index in [9.17, 15) is 4.79 Å². The van der Waals surface area contributed by atoms with E-state index in [0.717, 1.165) is 17.1 Å². The predicted octanol–water partition coefficient (Wildman–Crippen LogP) is 1.54. The molecule has 0 bridgehead atoms. The van der Waals surface area contributed by atoms with Gasteiger partial charge in [-0.3, -0.25) is 9.48 Å². The first-order valence-corrected chi connectivity index (χ1v) is 5.94. The smallest absolute Gasteiger partial charge is 0.313 e. The van der Waals surface area contributed by atoms with Crippen LogP contribution < -0.4 is 0 Å². The van der Waals surface area contributed by atoms with Crippen LogP contribution in [0.5, 0.6) is 0 Å². The molecule has 5 nitrogen and oxygen atoms in total. The van der Waals surface area contributed by atoms with Crippen molar-refractivity contribution in [2.45, 2.75) is 31.3 Å². The van der Waals surface area contributed by atoms with Gasteiger partial charge in [0.2, 0.25) is 0 Å². The van der Waals surface area contributed by atoms with Gasteiger partial charge in [-0.1, -0.05) is 18.7 Å². The molecule has 0 radical (unpaired) electrons. The minimum absolute atomic E-state index is 0.0153. The van der Waals surface area contributed by atoms with E-state index < -0.39 is 5.97 Å². The molecule has 1 N–H and O–H groups in total. The Morgan fingerprint density at radius 2 is 2.50 bits per heavy atom. The van der Waals surface area contributed by atoms with Crippen molar-refractivity contribution >= 4 is 17.7 Å². The van der Waals surface area contributed by atoms with Gasteiger partial charge in [0.25, 0.3) is 0 Å². The number of thioether (sulfide) groups is 1. The van der Waals surface area contributed by atoms with Gasteiger partial charge in [0, 0.05) is 0 Å². The van der Waals surface area contributed by atoms with Gasteiger partial charge in [0.05, 0.1) is 35.5 Å². The molecule has 0 aliphatic rings. The molecule has 1 aromatic rings. The number of carboxylic acids is 1. The molecule has 0 aliphatic carbocycles. The summed E-state index contributed by atoms with van der Waals surface area (Å²) in [5, 5.41) is 22.2. The minimum Gasteiger partial charge on any atom is -0.481 e. The molecule has 0 saturated heterocycles. The highest BCUT2D eigenvalue weighted by atomic mass is 32.2. The van der Waals surface area contributed by atoms with Gasteiger partial charge in [-0.15, -0.1) is 0 Å². The molecule has 86 valence electrons. The Hall–Kier alpha value is -1.48. The maximum Gasteiger partial charge on any atom is 0.313 e. The Kier molecular flexibility index (Phi) is 4.86. The van der Waals surface area contributed by atoms with E-state index in [-0.39, 0.29) is 5.75 Å². The van der Waals surface area contributed by atoms with Crippen LogP contribution in [0.25, 0.3) is 0 Å². The standard InChI is InChI=1S/C10H13N3O2S/c1-2-8-6-9(16-7-10(14)15)13(12-8)5-3-4-11/h6H,2-3,5,7H2,1H3,(H,14,15). The molecular formula is C10H13N3O2S. The summed E-state index contributed by atoms with van der Waals surface area (Å²) < 4.78 is 1.70. The highest BCUT2D eigenvalue weighted by Crippen LogP contribution is 2.19. The fraction of sp³-hybridized carbons (Fsp3) is 0.500. The number of aryl methyl sites for hydroxylation is 2. The summed E-state index contributed by atoms with van der Waals surface area (Å²) in [4.78, 5) is 10.5. The predicted molar refractivity (Wildman–Crippen MR) is 60.2 cm³/mol. The van der Waals surface area contributed by atoms with Gasteiger partial charge in [-0.25, -0.2) is 0 Å². The van der Waals surface area contributed by atoms with Crippen LogP contribution in [0.3, 0.4) is 0 Å². The molecule has 1 aromatic heterocycles. The number of hydrogen-bond acceptors (Lipinski definition) is 4. The normalized spacial score (nSPS) is 10.0. The molecule has 0 fully saturated rings. The Morgan fingerprint density at radius 3 is 3.06 bits per heavy atom. The fourth-order valence-electron chi connectivity index (χ4n) is 1.19. The first-order valence-electron chi connectivity index (χ1n) is 4.95. The maximum atomic E-state index is 10.5. The number of nitrogens with zero attached hydrogens (tertiary/aromatic N) is 3. The van der Waals surface area contributed by atoms with Crippen molar-refractivity contribution in [3.05, 3.63) is 11.8 Å². The molecule has 1 rings (SSSR count). The second-order valence-electron chi connectivity index (χ2n) is 3.14. The van der Waals surface area contributed by atoms with E-state index in [0.29, 0.717) is 13.0 Å². The maximum absolute atomic E-state index is 10.5. The zero-order chi connectivity index (χ0) is 12.0. The average Bonchev–Trinajstić information content (AvgIpc) is 2.66. The molecule has 0 aliphatic heterocycles. The van der Waals surface area contributed by atoms with Gasteiger partial charge in [-0.05, 0) is 12.5 Å².